The molecule has 2 amide bonds. The Morgan fingerprint density at radius 1 is 1.11 bits per heavy atom. The van der Waals surface area contributed by atoms with Gasteiger partial charge in [-0.2, -0.15) is 0 Å². The summed E-state index contributed by atoms with van der Waals surface area (Å²) in [6, 6.07) is 9.44. The molecule has 6 heteroatoms. The lowest BCUT2D eigenvalue weighted by molar-refractivity contribution is -0.172. The maximum absolute atomic E-state index is 13.4. The maximum atomic E-state index is 13.4. The van der Waals surface area contributed by atoms with Gasteiger partial charge in [0.15, 0.2) is 6.10 Å². The summed E-state index contributed by atoms with van der Waals surface area (Å²) in [7, 11) is 0. The molecule has 1 aliphatic carbocycles. The molecule has 2 heterocycles. The van der Waals surface area contributed by atoms with Crippen molar-refractivity contribution in [1.29, 1.82) is 0 Å². The fraction of sp³-hybridized carbons (Fsp3) is 0.636. The fourth-order valence-electron chi connectivity index (χ4n) is 4.43. The second kappa shape index (κ2) is 8.21. The number of hydrogen-bond donors (Lipinski definition) is 0. The van der Waals surface area contributed by atoms with E-state index in [1.807, 2.05) is 54.0 Å². The smallest absolute Gasteiger partial charge is 0.254 e. The van der Waals surface area contributed by atoms with Crippen molar-refractivity contribution in [3.63, 3.8) is 0 Å². The zero-order valence-corrected chi connectivity index (χ0v) is 16.9. The van der Waals surface area contributed by atoms with Crippen molar-refractivity contribution in [2.24, 2.45) is 5.92 Å². The van der Waals surface area contributed by atoms with Gasteiger partial charge >= 0.3 is 0 Å². The number of rotatable bonds is 5. The minimum atomic E-state index is -0.641. The van der Waals surface area contributed by atoms with Crippen LogP contribution in [0.3, 0.4) is 0 Å². The van der Waals surface area contributed by atoms with Gasteiger partial charge in [0.05, 0.1) is 6.04 Å². The third kappa shape index (κ3) is 4.08. The molecule has 1 aromatic carbocycles. The van der Waals surface area contributed by atoms with Crippen molar-refractivity contribution < 1.29 is 14.3 Å². The van der Waals surface area contributed by atoms with Gasteiger partial charge in [0.1, 0.15) is 6.61 Å². The minimum Gasteiger partial charge on any atom is -0.356 e. The monoisotopic (exact) mass is 385 g/mol. The Hall–Kier alpha value is -1.92. The van der Waals surface area contributed by atoms with Crippen molar-refractivity contribution in [3.05, 3.63) is 35.9 Å². The summed E-state index contributed by atoms with van der Waals surface area (Å²) in [5.74, 6) is 0.831. The van der Waals surface area contributed by atoms with Crippen LogP contribution in [0.15, 0.2) is 30.3 Å². The van der Waals surface area contributed by atoms with Gasteiger partial charge < -0.3 is 14.5 Å². The molecule has 0 N–H and O–H groups in total. The first kappa shape index (κ1) is 19.4. The van der Waals surface area contributed by atoms with E-state index in [1.54, 1.807) is 0 Å². The van der Waals surface area contributed by atoms with Gasteiger partial charge in [-0.05, 0) is 38.2 Å². The fourth-order valence-corrected chi connectivity index (χ4v) is 4.43. The van der Waals surface area contributed by atoms with Gasteiger partial charge in [0.25, 0.3) is 5.91 Å². The quantitative estimate of drug-likeness (QED) is 0.777. The van der Waals surface area contributed by atoms with E-state index in [1.165, 1.54) is 19.4 Å². The average molecular weight is 386 g/mol. The predicted octanol–water partition coefficient (Wildman–Crippen LogP) is 1.92. The first-order valence-electron chi connectivity index (χ1n) is 10.5. The Bertz CT molecular complexity index is 696. The van der Waals surface area contributed by atoms with Gasteiger partial charge in [0.2, 0.25) is 5.91 Å². The molecule has 1 aromatic rings. The van der Waals surface area contributed by atoms with Crippen molar-refractivity contribution in [3.8, 4) is 0 Å². The summed E-state index contributed by atoms with van der Waals surface area (Å²) in [4.78, 5) is 32.2. The molecule has 0 unspecified atom stereocenters. The van der Waals surface area contributed by atoms with Crippen LogP contribution in [0.1, 0.15) is 38.3 Å². The Balaban J connectivity index is 1.50. The van der Waals surface area contributed by atoms with E-state index in [4.69, 9.17) is 4.74 Å². The van der Waals surface area contributed by atoms with Crippen LogP contribution in [0.2, 0.25) is 0 Å². The number of carbonyl (C=O) groups excluding carboxylic acids is 2. The zero-order chi connectivity index (χ0) is 19.7. The molecule has 3 aliphatic rings. The molecular formula is C22H31N3O3. The van der Waals surface area contributed by atoms with Crippen LogP contribution in [0.5, 0.6) is 0 Å². The van der Waals surface area contributed by atoms with E-state index < -0.39 is 6.10 Å². The summed E-state index contributed by atoms with van der Waals surface area (Å²) in [6.45, 7) is 8.47. The highest BCUT2D eigenvalue weighted by molar-refractivity contribution is 5.86. The highest BCUT2D eigenvalue weighted by Crippen LogP contribution is 2.33. The summed E-state index contributed by atoms with van der Waals surface area (Å²) < 4.78 is 5.86. The first-order valence-corrected chi connectivity index (χ1v) is 10.5. The van der Waals surface area contributed by atoms with Crippen molar-refractivity contribution in [1.82, 2.24) is 14.7 Å². The molecule has 152 valence electrons. The van der Waals surface area contributed by atoms with Crippen LogP contribution in [0, 0.1) is 5.92 Å². The van der Waals surface area contributed by atoms with Crippen molar-refractivity contribution in [2.75, 3.05) is 39.3 Å². The van der Waals surface area contributed by atoms with E-state index in [9.17, 15) is 9.59 Å². The molecule has 2 atom stereocenters. The molecule has 4 rings (SSSR count). The van der Waals surface area contributed by atoms with Gasteiger partial charge in [0, 0.05) is 38.8 Å². The molecule has 3 fully saturated rings. The van der Waals surface area contributed by atoms with Crippen LogP contribution >= 0.6 is 0 Å². The Morgan fingerprint density at radius 2 is 1.79 bits per heavy atom. The molecule has 2 saturated heterocycles. The zero-order valence-electron chi connectivity index (χ0n) is 16.9. The lowest BCUT2D eigenvalue weighted by Crippen LogP contribution is -2.59. The minimum absolute atomic E-state index is 0.00675. The molecule has 0 bridgehead atoms. The molecule has 0 spiro atoms. The van der Waals surface area contributed by atoms with E-state index in [2.05, 4.69) is 4.90 Å². The van der Waals surface area contributed by atoms with Crippen LogP contribution in [0.25, 0.3) is 0 Å². The summed E-state index contributed by atoms with van der Waals surface area (Å²) in [5.41, 5.74) is 0.954. The number of benzene rings is 1. The number of hydrogen-bond acceptors (Lipinski definition) is 4. The van der Waals surface area contributed by atoms with Crippen molar-refractivity contribution in [2.45, 2.75) is 44.9 Å². The summed E-state index contributed by atoms with van der Waals surface area (Å²) >= 11 is 0. The van der Waals surface area contributed by atoms with Gasteiger partial charge in [-0.1, -0.05) is 30.3 Å². The molecular weight excluding hydrogens is 354 g/mol. The maximum Gasteiger partial charge on any atom is 0.254 e. The number of carbonyl (C=O) groups is 2. The normalized spacial score (nSPS) is 26.8. The van der Waals surface area contributed by atoms with Gasteiger partial charge in [-0.15, -0.1) is 0 Å². The number of piperazine rings is 1. The lowest BCUT2D eigenvalue weighted by Gasteiger charge is -2.45. The molecule has 28 heavy (non-hydrogen) atoms. The summed E-state index contributed by atoms with van der Waals surface area (Å²) in [6.07, 6.45) is 2.07. The molecule has 0 aromatic heterocycles. The number of morpholine rings is 1. The largest absolute Gasteiger partial charge is 0.356 e. The Labute approximate surface area is 167 Å². The molecule has 6 nitrogen and oxygen atoms in total. The second-order valence-corrected chi connectivity index (χ2v) is 8.55. The Morgan fingerprint density at radius 3 is 2.39 bits per heavy atom. The predicted molar refractivity (Wildman–Crippen MR) is 107 cm³/mol. The topological polar surface area (TPSA) is 53.1 Å². The Kier molecular flexibility index (Phi) is 5.69. The van der Waals surface area contributed by atoms with Crippen LogP contribution in [-0.4, -0.2) is 78.0 Å². The second-order valence-electron chi connectivity index (χ2n) is 8.55. The first-order chi connectivity index (χ1) is 13.5. The van der Waals surface area contributed by atoms with Crippen LogP contribution < -0.4 is 0 Å². The summed E-state index contributed by atoms with van der Waals surface area (Å²) in [5, 5.41) is 0. The van der Waals surface area contributed by atoms with Crippen LogP contribution in [-0.2, 0) is 14.3 Å². The van der Waals surface area contributed by atoms with E-state index in [0.717, 1.165) is 37.7 Å². The van der Waals surface area contributed by atoms with Gasteiger partial charge in [-0.25, -0.2) is 0 Å². The number of ether oxygens (including phenoxy) is 1. The highest BCUT2D eigenvalue weighted by Gasteiger charge is 2.44. The molecule has 1 saturated carbocycles. The number of nitrogens with zero attached hydrogens (tertiary/aromatic N) is 3. The highest BCUT2D eigenvalue weighted by atomic mass is 16.5. The van der Waals surface area contributed by atoms with E-state index in [-0.39, 0.29) is 30.5 Å². The molecule has 0 radical (unpaired) electrons. The van der Waals surface area contributed by atoms with E-state index >= 15 is 0 Å². The van der Waals surface area contributed by atoms with Crippen LogP contribution in [0.4, 0.5) is 0 Å². The standard InChI is InChI=1S/C22H31N3O3/c1-16(2)25-19(26)15-28-21(20(25)18-6-4-3-5-7-18)22(27)24-12-10-23(11-13-24)14-17-8-9-17/h3-7,16-17,20-21H,8-15H2,1-2H3/t20-,21+/m1/s1. The third-order valence-electron chi connectivity index (χ3n) is 6.10. The third-order valence-corrected chi connectivity index (χ3v) is 6.10. The van der Waals surface area contributed by atoms with Gasteiger partial charge in [-0.3, -0.25) is 14.5 Å². The SMILES string of the molecule is CC(C)N1C(=O)CO[C@H](C(=O)N2CCN(CC3CC3)CC2)[C@H]1c1ccccc1. The van der Waals surface area contributed by atoms with E-state index in [0.29, 0.717) is 0 Å². The molecule has 2 aliphatic heterocycles. The number of amides is 2. The lowest BCUT2D eigenvalue weighted by atomic mass is 9.95. The average Bonchev–Trinajstić information content (AvgIpc) is 3.52. The van der Waals surface area contributed by atoms with Crippen molar-refractivity contribution >= 4 is 11.8 Å².